The molecular weight excluding hydrogens is 364 g/mol. The Hall–Kier alpha value is -3.28. The van der Waals surface area contributed by atoms with Gasteiger partial charge in [0.1, 0.15) is 18.0 Å². The van der Waals surface area contributed by atoms with E-state index in [2.05, 4.69) is 64.4 Å². The van der Waals surface area contributed by atoms with Crippen molar-refractivity contribution in [1.29, 1.82) is 0 Å². The molecule has 0 fully saturated rings. The standard InChI is InChI=1S/C23H26N4O2/c1-15-5-6-16(2)19(9-15)26-22-12-23(25-14-24-22)27-8-7-17-10-20(28-3)21(29-4)11-18(17)13-27/h5-6,9-12,14H,7-8,13H2,1-4H3,(H,24,25,26). The van der Waals surface area contributed by atoms with Crippen molar-refractivity contribution in [3.05, 3.63) is 65.0 Å². The molecule has 29 heavy (non-hydrogen) atoms. The normalized spacial score (nSPS) is 13.0. The Morgan fingerprint density at radius 3 is 2.45 bits per heavy atom. The number of rotatable bonds is 5. The van der Waals surface area contributed by atoms with Crippen molar-refractivity contribution < 1.29 is 9.47 Å². The zero-order chi connectivity index (χ0) is 20.4. The average molecular weight is 390 g/mol. The van der Waals surface area contributed by atoms with Crippen molar-refractivity contribution in [3.8, 4) is 11.5 Å². The number of anilines is 3. The molecule has 0 atom stereocenters. The highest BCUT2D eigenvalue weighted by Gasteiger charge is 2.21. The van der Waals surface area contributed by atoms with Crippen LogP contribution in [0.1, 0.15) is 22.3 Å². The van der Waals surface area contributed by atoms with Gasteiger partial charge in [0.05, 0.1) is 14.2 Å². The molecule has 0 saturated heterocycles. The number of aryl methyl sites for hydroxylation is 2. The third-order valence-corrected chi connectivity index (χ3v) is 5.35. The third-order valence-electron chi connectivity index (χ3n) is 5.35. The first-order valence-corrected chi connectivity index (χ1v) is 9.72. The molecule has 1 aliphatic rings. The number of nitrogens with zero attached hydrogens (tertiary/aromatic N) is 3. The maximum Gasteiger partial charge on any atom is 0.161 e. The van der Waals surface area contributed by atoms with Gasteiger partial charge in [0, 0.05) is 24.8 Å². The molecule has 6 heteroatoms. The minimum atomic E-state index is 0.757. The molecule has 4 rings (SSSR count). The van der Waals surface area contributed by atoms with E-state index in [4.69, 9.17) is 9.47 Å². The Morgan fingerprint density at radius 2 is 1.69 bits per heavy atom. The van der Waals surface area contributed by atoms with E-state index in [-0.39, 0.29) is 0 Å². The van der Waals surface area contributed by atoms with Crippen LogP contribution in [0.5, 0.6) is 11.5 Å². The van der Waals surface area contributed by atoms with Crippen LogP contribution in [0.25, 0.3) is 0 Å². The fourth-order valence-electron chi connectivity index (χ4n) is 3.68. The number of benzene rings is 2. The minimum Gasteiger partial charge on any atom is -0.493 e. The molecule has 1 aromatic heterocycles. The molecule has 3 aromatic rings. The zero-order valence-corrected chi connectivity index (χ0v) is 17.3. The van der Waals surface area contributed by atoms with E-state index < -0.39 is 0 Å². The summed E-state index contributed by atoms with van der Waals surface area (Å²) in [4.78, 5) is 11.2. The molecule has 0 saturated carbocycles. The number of ether oxygens (including phenoxy) is 2. The topological polar surface area (TPSA) is 59.5 Å². The molecule has 1 N–H and O–H groups in total. The number of nitrogens with one attached hydrogen (secondary N) is 1. The van der Waals surface area contributed by atoms with Gasteiger partial charge in [-0.25, -0.2) is 9.97 Å². The molecule has 0 spiro atoms. The van der Waals surface area contributed by atoms with E-state index in [1.807, 2.05) is 6.07 Å². The Labute approximate surface area is 171 Å². The molecular formula is C23H26N4O2. The fourth-order valence-corrected chi connectivity index (χ4v) is 3.68. The summed E-state index contributed by atoms with van der Waals surface area (Å²) in [5, 5.41) is 3.43. The van der Waals surface area contributed by atoms with Gasteiger partial charge in [0.2, 0.25) is 0 Å². The molecule has 0 bridgehead atoms. The van der Waals surface area contributed by atoms with E-state index in [1.165, 1.54) is 22.3 Å². The summed E-state index contributed by atoms with van der Waals surface area (Å²) >= 11 is 0. The minimum absolute atomic E-state index is 0.757. The van der Waals surface area contributed by atoms with Crippen molar-refractivity contribution in [1.82, 2.24) is 9.97 Å². The van der Waals surface area contributed by atoms with Gasteiger partial charge in [-0.2, -0.15) is 0 Å². The van der Waals surface area contributed by atoms with Gasteiger partial charge in [-0.15, -0.1) is 0 Å². The first-order valence-electron chi connectivity index (χ1n) is 9.72. The predicted octanol–water partition coefficient (Wildman–Crippen LogP) is 4.42. The molecule has 0 radical (unpaired) electrons. The Bertz CT molecular complexity index is 1040. The third kappa shape index (κ3) is 3.97. The summed E-state index contributed by atoms with van der Waals surface area (Å²) in [5.41, 5.74) is 5.99. The summed E-state index contributed by atoms with van der Waals surface area (Å²) in [6.45, 7) is 5.84. The molecule has 2 heterocycles. The monoisotopic (exact) mass is 390 g/mol. The fraction of sp³-hybridized carbons (Fsp3) is 0.304. The van der Waals surface area contributed by atoms with Crippen LogP contribution >= 0.6 is 0 Å². The summed E-state index contributed by atoms with van der Waals surface area (Å²) in [5.74, 6) is 3.24. The van der Waals surface area contributed by atoms with Crippen molar-refractivity contribution in [2.24, 2.45) is 0 Å². The Balaban J connectivity index is 1.57. The number of methoxy groups -OCH3 is 2. The van der Waals surface area contributed by atoms with Crippen LogP contribution in [0, 0.1) is 13.8 Å². The van der Waals surface area contributed by atoms with E-state index in [0.29, 0.717) is 0 Å². The van der Waals surface area contributed by atoms with Gasteiger partial charge in [-0.05, 0) is 60.7 Å². The quantitative estimate of drug-likeness (QED) is 0.696. The van der Waals surface area contributed by atoms with Gasteiger partial charge in [-0.3, -0.25) is 0 Å². The van der Waals surface area contributed by atoms with Crippen LogP contribution in [0.2, 0.25) is 0 Å². The van der Waals surface area contributed by atoms with Crippen molar-refractivity contribution in [2.75, 3.05) is 31.0 Å². The SMILES string of the molecule is COc1cc2c(cc1OC)CN(c1cc(Nc3cc(C)ccc3C)ncn1)CC2. The molecule has 6 nitrogen and oxygen atoms in total. The van der Waals surface area contributed by atoms with Gasteiger partial charge < -0.3 is 19.7 Å². The van der Waals surface area contributed by atoms with Crippen LogP contribution in [0.3, 0.4) is 0 Å². The van der Waals surface area contributed by atoms with Crippen LogP contribution < -0.4 is 19.7 Å². The lowest BCUT2D eigenvalue weighted by Gasteiger charge is -2.30. The summed E-state index contributed by atoms with van der Waals surface area (Å²) in [7, 11) is 3.34. The van der Waals surface area contributed by atoms with Gasteiger partial charge in [-0.1, -0.05) is 12.1 Å². The number of fused-ring (bicyclic) bond motifs is 1. The first kappa shape index (κ1) is 19.1. The van der Waals surface area contributed by atoms with E-state index in [0.717, 1.165) is 48.3 Å². The second kappa shape index (κ2) is 7.99. The Morgan fingerprint density at radius 1 is 0.931 bits per heavy atom. The predicted molar refractivity (Wildman–Crippen MR) is 116 cm³/mol. The smallest absolute Gasteiger partial charge is 0.161 e. The van der Waals surface area contributed by atoms with Crippen LogP contribution in [-0.4, -0.2) is 30.7 Å². The van der Waals surface area contributed by atoms with Crippen LogP contribution in [-0.2, 0) is 13.0 Å². The highest BCUT2D eigenvalue weighted by atomic mass is 16.5. The number of hydrogen-bond acceptors (Lipinski definition) is 6. The molecule has 150 valence electrons. The number of aromatic nitrogens is 2. The highest BCUT2D eigenvalue weighted by molar-refractivity contribution is 5.63. The van der Waals surface area contributed by atoms with Crippen molar-refractivity contribution >= 4 is 17.3 Å². The van der Waals surface area contributed by atoms with E-state index >= 15 is 0 Å². The number of hydrogen-bond donors (Lipinski definition) is 1. The van der Waals surface area contributed by atoms with Gasteiger partial charge in [0.25, 0.3) is 0 Å². The van der Waals surface area contributed by atoms with Crippen molar-refractivity contribution in [3.63, 3.8) is 0 Å². The second-order valence-electron chi connectivity index (χ2n) is 7.35. The molecule has 0 amide bonds. The van der Waals surface area contributed by atoms with E-state index in [9.17, 15) is 0 Å². The molecule has 0 aliphatic carbocycles. The second-order valence-corrected chi connectivity index (χ2v) is 7.35. The van der Waals surface area contributed by atoms with Crippen molar-refractivity contribution in [2.45, 2.75) is 26.8 Å². The summed E-state index contributed by atoms with van der Waals surface area (Å²) in [6.07, 6.45) is 2.55. The average Bonchev–Trinajstić information content (AvgIpc) is 2.75. The lowest BCUT2D eigenvalue weighted by molar-refractivity contribution is 0.353. The molecule has 1 aliphatic heterocycles. The maximum absolute atomic E-state index is 5.47. The van der Waals surface area contributed by atoms with Gasteiger partial charge >= 0.3 is 0 Å². The maximum atomic E-state index is 5.47. The Kier molecular flexibility index (Phi) is 5.25. The summed E-state index contributed by atoms with van der Waals surface area (Å²) < 4.78 is 10.9. The first-order chi connectivity index (χ1) is 14.1. The van der Waals surface area contributed by atoms with Crippen LogP contribution in [0.15, 0.2) is 42.7 Å². The highest BCUT2D eigenvalue weighted by Crippen LogP contribution is 2.34. The molecule has 2 aromatic carbocycles. The van der Waals surface area contributed by atoms with Gasteiger partial charge in [0.15, 0.2) is 11.5 Å². The zero-order valence-electron chi connectivity index (χ0n) is 17.3. The largest absolute Gasteiger partial charge is 0.493 e. The molecule has 0 unspecified atom stereocenters. The van der Waals surface area contributed by atoms with Crippen LogP contribution in [0.4, 0.5) is 17.3 Å². The lowest BCUT2D eigenvalue weighted by atomic mass is 9.99. The van der Waals surface area contributed by atoms with E-state index in [1.54, 1.807) is 20.5 Å². The lowest BCUT2D eigenvalue weighted by Crippen LogP contribution is -2.31. The summed E-state index contributed by atoms with van der Waals surface area (Å²) in [6, 6.07) is 12.5.